The van der Waals surface area contributed by atoms with Gasteiger partial charge in [-0.3, -0.25) is 4.79 Å². The quantitative estimate of drug-likeness (QED) is 0.813. The fraction of sp³-hybridized carbons (Fsp3) is 0.462. The van der Waals surface area contributed by atoms with E-state index in [1.807, 2.05) is 13.8 Å². The number of amides is 1. The Kier molecular flexibility index (Phi) is 4.12. The summed E-state index contributed by atoms with van der Waals surface area (Å²) in [5.74, 6) is -0.0909. The van der Waals surface area contributed by atoms with Gasteiger partial charge in [-0.25, -0.2) is 13.6 Å². The average molecular weight is 297 g/mol. The second-order valence-electron chi connectivity index (χ2n) is 5.05. The molecule has 0 bridgehead atoms. The largest absolute Gasteiger partial charge is 0.333 e. The van der Waals surface area contributed by atoms with Gasteiger partial charge in [-0.15, -0.1) is 0 Å². The molecule has 1 aliphatic rings. The van der Waals surface area contributed by atoms with E-state index < -0.39 is 10.0 Å². The smallest absolute Gasteiger partial charge is 0.254 e. The van der Waals surface area contributed by atoms with Gasteiger partial charge in [0.2, 0.25) is 10.0 Å². The number of primary sulfonamides is 1. The standard InChI is InChI=1S/C13H19N3O3S/c1-9-10(2)16(8-7-15-9)13(17)11-3-5-12(6-4-11)20(14,18)19/h3-6,9-10,15H,7-8H2,1-2H3,(H2,14,18,19). The van der Waals surface area contributed by atoms with Gasteiger partial charge in [0.1, 0.15) is 0 Å². The number of hydrogen-bond acceptors (Lipinski definition) is 4. The Morgan fingerprint density at radius 1 is 1.30 bits per heavy atom. The molecule has 6 nitrogen and oxygen atoms in total. The lowest BCUT2D eigenvalue weighted by Crippen LogP contribution is -2.57. The highest BCUT2D eigenvalue weighted by atomic mass is 32.2. The minimum atomic E-state index is -3.72. The van der Waals surface area contributed by atoms with E-state index in [0.717, 1.165) is 6.54 Å². The molecule has 1 saturated heterocycles. The third-order valence-corrected chi connectivity index (χ3v) is 4.65. The summed E-state index contributed by atoms with van der Waals surface area (Å²) in [5, 5.41) is 8.34. The first-order valence-corrected chi connectivity index (χ1v) is 8.02. The Labute approximate surface area is 119 Å². The molecule has 2 unspecified atom stereocenters. The molecule has 1 amide bonds. The van der Waals surface area contributed by atoms with Crippen molar-refractivity contribution >= 4 is 15.9 Å². The number of benzene rings is 1. The lowest BCUT2D eigenvalue weighted by atomic mass is 10.1. The fourth-order valence-electron chi connectivity index (χ4n) is 2.30. The van der Waals surface area contributed by atoms with Crippen LogP contribution in [0.3, 0.4) is 0 Å². The van der Waals surface area contributed by atoms with Crippen molar-refractivity contribution in [1.82, 2.24) is 10.2 Å². The topological polar surface area (TPSA) is 92.5 Å². The zero-order valence-corrected chi connectivity index (χ0v) is 12.4. The SMILES string of the molecule is CC1NCCN(C(=O)c2ccc(S(N)(=O)=O)cc2)C1C. The summed E-state index contributed by atoms with van der Waals surface area (Å²) < 4.78 is 22.4. The van der Waals surface area contributed by atoms with Gasteiger partial charge in [0.15, 0.2) is 0 Å². The fourth-order valence-corrected chi connectivity index (χ4v) is 2.81. The van der Waals surface area contributed by atoms with Crippen molar-refractivity contribution in [2.24, 2.45) is 5.14 Å². The van der Waals surface area contributed by atoms with Gasteiger partial charge in [-0.1, -0.05) is 0 Å². The molecule has 0 radical (unpaired) electrons. The van der Waals surface area contributed by atoms with Crippen LogP contribution in [0.1, 0.15) is 24.2 Å². The molecule has 0 saturated carbocycles. The molecule has 7 heteroatoms. The molecular weight excluding hydrogens is 278 g/mol. The minimum Gasteiger partial charge on any atom is -0.333 e. The Balaban J connectivity index is 2.21. The number of carbonyl (C=O) groups excluding carboxylic acids is 1. The van der Waals surface area contributed by atoms with Crippen LogP contribution in [-0.2, 0) is 10.0 Å². The second-order valence-corrected chi connectivity index (χ2v) is 6.61. The van der Waals surface area contributed by atoms with Gasteiger partial charge in [-0.05, 0) is 38.1 Å². The van der Waals surface area contributed by atoms with E-state index in [2.05, 4.69) is 5.32 Å². The molecule has 3 N–H and O–H groups in total. The summed E-state index contributed by atoms with van der Waals surface area (Å²) in [4.78, 5) is 14.2. The molecular formula is C13H19N3O3S. The van der Waals surface area contributed by atoms with Gasteiger partial charge in [0, 0.05) is 30.7 Å². The maximum Gasteiger partial charge on any atom is 0.254 e. The second kappa shape index (κ2) is 5.51. The summed E-state index contributed by atoms with van der Waals surface area (Å²) >= 11 is 0. The first-order chi connectivity index (χ1) is 9.30. The molecule has 0 spiro atoms. The predicted molar refractivity (Wildman–Crippen MR) is 75.8 cm³/mol. The van der Waals surface area contributed by atoms with E-state index in [9.17, 15) is 13.2 Å². The zero-order chi connectivity index (χ0) is 14.9. The number of nitrogens with one attached hydrogen (secondary N) is 1. The van der Waals surface area contributed by atoms with E-state index in [4.69, 9.17) is 5.14 Å². The summed E-state index contributed by atoms with van der Waals surface area (Å²) in [6.07, 6.45) is 0. The molecule has 0 aromatic heterocycles. The lowest BCUT2D eigenvalue weighted by Gasteiger charge is -2.38. The number of carbonyl (C=O) groups is 1. The van der Waals surface area contributed by atoms with Crippen molar-refractivity contribution in [1.29, 1.82) is 0 Å². The highest BCUT2D eigenvalue weighted by Gasteiger charge is 2.28. The highest BCUT2D eigenvalue weighted by molar-refractivity contribution is 7.89. The number of piperazine rings is 1. The van der Waals surface area contributed by atoms with E-state index >= 15 is 0 Å². The molecule has 1 fully saturated rings. The van der Waals surface area contributed by atoms with Crippen LogP contribution in [0.2, 0.25) is 0 Å². The van der Waals surface area contributed by atoms with Crippen molar-refractivity contribution in [3.05, 3.63) is 29.8 Å². The first kappa shape index (κ1) is 15.0. The van der Waals surface area contributed by atoms with Gasteiger partial charge in [0.05, 0.1) is 4.90 Å². The maximum absolute atomic E-state index is 12.4. The highest BCUT2D eigenvalue weighted by Crippen LogP contribution is 2.15. The molecule has 1 heterocycles. The van der Waals surface area contributed by atoms with Gasteiger partial charge < -0.3 is 10.2 Å². The van der Waals surface area contributed by atoms with Crippen molar-refractivity contribution in [2.75, 3.05) is 13.1 Å². The van der Waals surface area contributed by atoms with Gasteiger partial charge >= 0.3 is 0 Å². The van der Waals surface area contributed by atoms with Crippen LogP contribution in [0, 0.1) is 0 Å². The van der Waals surface area contributed by atoms with Gasteiger partial charge in [0.25, 0.3) is 5.91 Å². The molecule has 1 aliphatic heterocycles. The molecule has 0 aliphatic carbocycles. The first-order valence-electron chi connectivity index (χ1n) is 6.48. The number of sulfonamides is 1. The zero-order valence-electron chi connectivity index (χ0n) is 11.5. The van der Waals surface area contributed by atoms with E-state index in [1.54, 1.807) is 4.90 Å². The van der Waals surface area contributed by atoms with Crippen molar-refractivity contribution in [3.63, 3.8) is 0 Å². The molecule has 2 rings (SSSR count). The number of rotatable bonds is 2. The lowest BCUT2D eigenvalue weighted by molar-refractivity contribution is 0.0603. The number of nitrogens with two attached hydrogens (primary N) is 1. The third-order valence-electron chi connectivity index (χ3n) is 3.72. The number of nitrogens with zero attached hydrogens (tertiary/aromatic N) is 1. The maximum atomic E-state index is 12.4. The van der Waals surface area contributed by atoms with Crippen LogP contribution >= 0.6 is 0 Å². The Morgan fingerprint density at radius 3 is 2.45 bits per heavy atom. The van der Waals surface area contributed by atoms with E-state index in [0.29, 0.717) is 12.1 Å². The minimum absolute atomic E-state index is 0.00998. The third kappa shape index (κ3) is 3.00. The van der Waals surface area contributed by atoms with Gasteiger partial charge in [-0.2, -0.15) is 0 Å². The monoisotopic (exact) mass is 297 g/mol. The average Bonchev–Trinajstić information content (AvgIpc) is 2.40. The normalized spacial score (nSPS) is 23.6. The van der Waals surface area contributed by atoms with Crippen molar-refractivity contribution in [3.8, 4) is 0 Å². The van der Waals surface area contributed by atoms with Crippen molar-refractivity contribution in [2.45, 2.75) is 30.8 Å². The Morgan fingerprint density at radius 2 is 1.90 bits per heavy atom. The van der Waals surface area contributed by atoms with Crippen LogP contribution in [0.4, 0.5) is 0 Å². The van der Waals surface area contributed by atoms with Crippen LogP contribution in [-0.4, -0.2) is 44.4 Å². The van der Waals surface area contributed by atoms with E-state index in [1.165, 1.54) is 24.3 Å². The van der Waals surface area contributed by atoms with Crippen LogP contribution in [0.5, 0.6) is 0 Å². The molecule has 110 valence electrons. The number of hydrogen-bond donors (Lipinski definition) is 2. The molecule has 2 atom stereocenters. The summed E-state index contributed by atoms with van der Waals surface area (Å²) in [6.45, 7) is 5.43. The molecule has 1 aromatic rings. The Bertz CT molecular complexity index is 598. The molecule has 20 heavy (non-hydrogen) atoms. The van der Waals surface area contributed by atoms with Crippen LogP contribution in [0.15, 0.2) is 29.2 Å². The van der Waals surface area contributed by atoms with E-state index in [-0.39, 0.29) is 22.9 Å². The summed E-state index contributed by atoms with van der Waals surface area (Å²) in [5.41, 5.74) is 0.471. The summed E-state index contributed by atoms with van der Waals surface area (Å²) in [7, 11) is -3.72. The van der Waals surface area contributed by atoms with Crippen LogP contribution < -0.4 is 10.5 Å². The summed E-state index contributed by atoms with van der Waals surface area (Å²) in [6, 6.07) is 6.05. The predicted octanol–water partition coefficient (Wildman–Crippen LogP) is 0.156. The molecule has 1 aromatic carbocycles. The van der Waals surface area contributed by atoms with Crippen molar-refractivity contribution < 1.29 is 13.2 Å². The van der Waals surface area contributed by atoms with Crippen LogP contribution in [0.25, 0.3) is 0 Å². The Hall–Kier alpha value is -1.44.